The minimum Gasteiger partial charge on any atom is -0.875 e. The van der Waals surface area contributed by atoms with Crippen LogP contribution in [0.5, 0.6) is 0 Å². The Kier molecular flexibility index (Phi) is 11.0. The Labute approximate surface area is 162 Å². The predicted octanol–water partition coefficient (Wildman–Crippen LogP) is 2.80. The average molecular weight is 398 g/mol. The van der Waals surface area contributed by atoms with Gasteiger partial charge in [-0.25, -0.2) is 0 Å². The van der Waals surface area contributed by atoms with E-state index < -0.39 is 0 Å². The van der Waals surface area contributed by atoms with Crippen molar-refractivity contribution in [3.63, 3.8) is 0 Å². The molecule has 0 atom stereocenters. The van der Waals surface area contributed by atoms with Crippen molar-refractivity contribution in [1.82, 2.24) is 0 Å². The molecule has 2 rings (SSSR count). The normalized spacial score (nSPS) is 22.2. The summed E-state index contributed by atoms with van der Waals surface area (Å²) >= 11 is 0. The van der Waals surface area contributed by atoms with E-state index in [1.54, 1.807) is 0 Å². The molecule has 0 spiro atoms. The fourth-order valence-electron chi connectivity index (χ4n) is 2.97. The quantitative estimate of drug-likeness (QED) is 0.407. The van der Waals surface area contributed by atoms with Crippen molar-refractivity contribution in [2.45, 2.75) is 79.1 Å². The van der Waals surface area contributed by atoms with Crippen molar-refractivity contribution >= 4 is 11.6 Å². The maximum atomic E-state index is 11.5. The Morgan fingerprint density at radius 3 is 1.20 bits per heavy atom. The minimum atomic E-state index is -0.0259. The van der Waals surface area contributed by atoms with Gasteiger partial charge in [-0.3, -0.25) is 9.59 Å². The molecule has 5 heteroatoms. The van der Waals surface area contributed by atoms with Crippen molar-refractivity contribution < 1.29 is 36.9 Å². The second-order valence-electron chi connectivity index (χ2n) is 7.26. The van der Waals surface area contributed by atoms with Gasteiger partial charge in [0.25, 0.3) is 0 Å². The van der Waals surface area contributed by atoms with Crippen LogP contribution < -0.4 is 10.2 Å². The number of carbonyl (C=O) groups excluding carboxylic acids is 2. The van der Waals surface area contributed by atoms with E-state index in [4.69, 9.17) is 0 Å². The summed E-state index contributed by atoms with van der Waals surface area (Å²) in [4.78, 5) is 22.6. The number of ketones is 2. The number of rotatable bonds is 2. The zero-order valence-corrected chi connectivity index (χ0v) is 16.7. The van der Waals surface area contributed by atoms with E-state index in [0.717, 1.165) is 25.7 Å². The summed E-state index contributed by atoms with van der Waals surface area (Å²) in [5, 5.41) is 22.9. The Balaban J connectivity index is 0.000000443. The van der Waals surface area contributed by atoms with E-state index >= 15 is 0 Å². The van der Waals surface area contributed by atoms with E-state index in [1.807, 2.05) is 27.7 Å². The van der Waals surface area contributed by atoms with Crippen LogP contribution in [0.15, 0.2) is 22.7 Å². The molecule has 0 aliphatic heterocycles. The van der Waals surface area contributed by atoms with Crippen LogP contribution in [0.25, 0.3) is 0 Å². The molecule has 1 radical (unpaired) electrons. The molecule has 2 saturated carbocycles. The number of hydrogen-bond donors (Lipinski definition) is 0. The van der Waals surface area contributed by atoms with E-state index in [9.17, 15) is 19.8 Å². The third-order valence-electron chi connectivity index (χ3n) is 4.48. The van der Waals surface area contributed by atoms with Gasteiger partial charge in [0, 0.05) is 12.8 Å². The molecule has 0 aromatic rings. The van der Waals surface area contributed by atoms with Gasteiger partial charge in [-0.1, -0.05) is 27.7 Å². The molecule has 4 nitrogen and oxygen atoms in total. The zero-order chi connectivity index (χ0) is 18.3. The van der Waals surface area contributed by atoms with E-state index in [-0.39, 0.29) is 52.0 Å². The summed E-state index contributed by atoms with van der Waals surface area (Å²) in [6.07, 6.45) is 6.47. The van der Waals surface area contributed by atoms with Gasteiger partial charge in [0.05, 0.1) is 0 Å². The Morgan fingerprint density at radius 2 is 0.960 bits per heavy atom. The molecule has 0 bridgehead atoms. The summed E-state index contributed by atoms with van der Waals surface area (Å²) in [7, 11) is 0. The largest absolute Gasteiger partial charge is 2.00 e. The van der Waals surface area contributed by atoms with Gasteiger partial charge in [-0.15, -0.1) is 11.5 Å². The van der Waals surface area contributed by atoms with Crippen molar-refractivity contribution in [2.75, 3.05) is 0 Å². The molecular weight excluding hydrogens is 368 g/mol. The Morgan fingerprint density at radius 1 is 0.680 bits per heavy atom. The fraction of sp³-hybridized carbons (Fsp3) is 0.700. The third-order valence-corrected chi connectivity index (χ3v) is 4.48. The Hall–Kier alpha value is -1.06. The molecule has 2 aliphatic carbocycles. The van der Waals surface area contributed by atoms with Crippen molar-refractivity contribution in [3.05, 3.63) is 22.7 Å². The number of hydrogen-bond acceptors (Lipinski definition) is 4. The van der Waals surface area contributed by atoms with Crippen molar-refractivity contribution in [2.24, 2.45) is 11.8 Å². The summed E-state index contributed by atoms with van der Waals surface area (Å²) in [6.45, 7) is 7.38. The third kappa shape index (κ3) is 7.37. The van der Waals surface area contributed by atoms with Gasteiger partial charge < -0.3 is 10.2 Å². The van der Waals surface area contributed by atoms with Crippen LogP contribution in [0.4, 0.5) is 0 Å². The molecule has 0 saturated heterocycles. The zero-order valence-electron chi connectivity index (χ0n) is 15.7. The smallest absolute Gasteiger partial charge is 0.875 e. The van der Waals surface area contributed by atoms with Crippen LogP contribution >= 0.6 is 0 Å². The standard InChI is InChI=1S/2C10H16O2.Cu/c2*1-7(2)10(12)8-5-3-4-6-9(8)11;/h2*7,12H,3-6H2,1-2H3;/q;;+2/p-2. The molecule has 0 aromatic carbocycles. The van der Waals surface area contributed by atoms with Crippen LogP contribution in [0.2, 0.25) is 0 Å². The molecule has 2 fully saturated rings. The maximum absolute atomic E-state index is 11.5. The van der Waals surface area contributed by atoms with Crippen LogP contribution in [0, 0.1) is 11.8 Å². The molecular formula is C20H30CuO4. The number of allylic oxidation sites excluding steroid dienone is 4. The number of Topliss-reactive ketones (excluding diaryl/α,β-unsaturated/α-hetero) is 2. The van der Waals surface area contributed by atoms with Gasteiger partial charge in [0.15, 0.2) is 11.6 Å². The second kappa shape index (κ2) is 11.5. The topological polar surface area (TPSA) is 80.3 Å². The molecule has 0 heterocycles. The molecule has 0 amide bonds. The van der Waals surface area contributed by atoms with Crippen LogP contribution in [-0.2, 0) is 26.7 Å². The van der Waals surface area contributed by atoms with Gasteiger partial charge in [-0.2, -0.15) is 0 Å². The maximum Gasteiger partial charge on any atom is 2.00 e. The number of carbonyl (C=O) groups is 2. The summed E-state index contributed by atoms with van der Waals surface area (Å²) in [5.74, 6) is 0.225. The van der Waals surface area contributed by atoms with E-state index in [1.165, 1.54) is 0 Å². The van der Waals surface area contributed by atoms with Crippen molar-refractivity contribution in [1.29, 1.82) is 0 Å². The summed E-state index contributed by atoms with van der Waals surface area (Å²) in [5.41, 5.74) is 1.13. The summed E-state index contributed by atoms with van der Waals surface area (Å²) < 4.78 is 0. The monoisotopic (exact) mass is 397 g/mol. The van der Waals surface area contributed by atoms with Gasteiger partial charge >= 0.3 is 17.1 Å². The Bertz CT molecular complexity index is 482. The first-order valence-electron chi connectivity index (χ1n) is 9.12. The van der Waals surface area contributed by atoms with Crippen LogP contribution in [-0.4, -0.2) is 11.6 Å². The molecule has 0 unspecified atom stereocenters. The first-order valence-corrected chi connectivity index (χ1v) is 9.12. The minimum absolute atomic E-state index is 0. The molecule has 0 N–H and O–H groups in total. The van der Waals surface area contributed by atoms with Gasteiger partial charge in [0.2, 0.25) is 0 Å². The molecule has 0 aromatic heterocycles. The van der Waals surface area contributed by atoms with Gasteiger partial charge in [0.1, 0.15) is 0 Å². The SMILES string of the molecule is CC(C)C([O-])=C1CCCCC1=O.CC(C)C([O-])=C1CCCCC1=O.[Cu+2]. The summed E-state index contributed by atoms with van der Waals surface area (Å²) in [6, 6.07) is 0. The molecule has 25 heavy (non-hydrogen) atoms. The predicted molar refractivity (Wildman–Crippen MR) is 90.7 cm³/mol. The van der Waals surface area contributed by atoms with Crippen LogP contribution in [0.1, 0.15) is 79.1 Å². The first kappa shape index (κ1) is 23.9. The average Bonchev–Trinajstić information content (AvgIpc) is 2.55. The first-order chi connectivity index (χ1) is 11.3. The van der Waals surface area contributed by atoms with Gasteiger partial charge in [-0.05, 0) is 61.5 Å². The molecule has 2 aliphatic rings. The van der Waals surface area contributed by atoms with E-state index in [0.29, 0.717) is 36.8 Å². The molecule has 145 valence electrons. The van der Waals surface area contributed by atoms with E-state index in [2.05, 4.69) is 0 Å². The van der Waals surface area contributed by atoms with Crippen LogP contribution in [0.3, 0.4) is 0 Å². The second-order valence-corrected chi connectivity index (χ2v) is 7.26. The fourth-order valence-corrected chi connectivity index (χ4v) is 2.97. The van der Waals surface area contributed by atoms with Crippen molar-refractivity contribution in [3.8, 4) is 0 Å².